The molecule has 0 bridgehead atoms. The predicted molar refractivity (Wildman–Crippen MR) is 133 cm³/mol. The van der Waals surface area contributed by atoms with Gasteiger partial charge in [-0.1, -0.05) is 13.0 Å². The highest BCUT2D eigenvalue weighted by Gasteiger charge is 2.39. The van der Waals surface area contributed by atoms with Crippen LogP contribution in [0.25, 0.3) is 0 Å². The van der Waals surface area contributed by atoms with Crippen molar-refractivity contribution in [3.63, 3.8) is 0 Å². The van der Waals surface area contributed by atoms with E-state index in [-0.39, 0.29) is 11.3 Å². The molecule has 1 atom stereocenters. The summed E-state index contributed by atoms with van der Waals surface area (Å²) in [7, 11) is 0. The fraction of sp³-hybridized carbons (Fsp3) is 0.731. The Kier molecular flexibility index (Phi) is 10.1. The van der Waals surface area contributed by atoms with E-state index < -0.39 is 12.0 Å². The van der Waals surface area contributed by atoms with Crippen LogP contribution in [0.4, 0.5) is 5.82 Å². The van der Waals surface area contributed by atoms with Crippen molar-refractivity contribution in [1.29, 1.82) is 0 Å². The number of carboxylic acids is 1. The molecular weight excluding hydrogens is 432 g/mol. The highest BCUT2D eigenvalue weighted by atomic mass is 16.5. The normalized spacial score (nSPS) is 17.0. The number of hydrogen-bond acceptors (Lipinski definition) is 6. The predicted octanol–water partition coefficient (Wildman–Crippen LogP) is 3.25. The van der Waals surface area contributed by atoms with Gasteiger partial charge in [0.15, 0.2) is 0 Å². The summed E-state index contributed by atoms with van der Waals surface area (Å²) >= 11 is 0. The molecule has 1 aliphatic heterocycles. The van der Waals surface area contributed by atoms with Gasteiger partial charge in [0, 0.05) is 38.4 Å². The van der Waals surface area contributed by atoms with Crippen LogP contribution >= 0.6 is 0 Å². The Bertz CT molecular complexity index is 812. The molecule has 1 unspecified atom stereocenters. The number of amides is 1. The second-order valence-corrected chi connectivity index (χ2v) is 10.1. The number of fused-ring (bicyclic) bond motifs is 1. The maximum Gasteiger partial charge on any atom is 0.326 e. The molecule has 34 heavy (non-hydrogen) atoms. The van der Waals surface area contributed by atoms with Gasteiger partial charge in [-0.15, -0.1) is 0 Å². The van der Waals surface area contributed by atoms with Gasteiger partial charge in [0.1, 0.15) is 11.9 Å². The highest BCUT2D eigenvalue weighted by molar-refractivity contribution is 5.84. The van der Waals surface area contributed by atoms with Crippen LogP contribution in [0.3, 0.4) is 0 Å². The van der Waals surface area contributed by atoms with Crippen molar-refractivity contribution < 1.29 is 19.4 Å². The molecule has 0 saturated heterocycles. The van der Waals surface area contributed by atoms with Gasteiger partial charge in [-0.25, -0.2) is 9.78 Å². The van der Waals surface area contributed by atoms with Crippen LogP contribution in [0.2, 0.25) is 0 Å². The number of carboxylic acid groups (broad SMARTS) is 1. The summed E-state index contributed by atoms with van der Waals surface area (Å²) in [6.07, 6.45) is 8.11. The zero-order chi connectivity index (χ0) is 24.4. The fourth-order valence-electron chi connectivity index (χ4n) is 4.42. The van der Waals surface area contributed by atoms with E-state index in [1.165, 1.54) is 5.56 Å². The average molecular weight is 475 g/mol. The van der Waals surface area contributed by atoms with Crippen LogP contribution in [0.1, 0.15) is 70.1 Å². The minimum atomic E-state index is -0.967. The van der Waals surface area contributed by atoms with Gasteiger partial charge in [-0.2, -0.15) is 0 Å². The third-order valence-corrected chi connectivity index (χ3v) is 6.92. The van der Waals surface area contributed by atoms with Crippen molar-refractivity contribution in [1.82, 2.24) is 15.2 Å². The molecule has 1 aromatic heterocycles. The molecule has 0 aromatic carbocycles. The molecule has 0 spiro atoms. The van der Waals surface area contributed by atoms with Crippen molar-refractivity contribution in [3.8, 4) is 0 Å². The fourth-order valence-corrected chi connectivity index (χ4v) is 4.42. The lowest BCUT2D eigenvalue weighted by Crippen LogP contribution is -2.44. The number of carbonyl (C=O) groups is 2. The van der Waals surface area contributed by atoms with E-state index in [1.54, 1.807) is 0 Å². The van der Waals surface area contributed by atoms with Crippen LogP contribution in [-0.2, 0) is 27.2 Å². The van der Waals surface area contributed by atoms with Crippen LogP contribution in [0, 0.1) is 5.41 Å². The van der Waals surface area contributed by atoms with E-state index >= 15 is 0 Å². The van der Waals surface area contributed by atoms with Gasteiger partial charge in [0.25, 0.3) is 0 Å². The van der Waals surface area contributed by atoms with E-state index in [1.807, 2.05) is 6.92 Å². The summed E-state index contributed by atoms with van der Waals surface area (Å²) in [4.78, 5) is 31.1. The number of anilines is 1. The molecule has 3 N–H and O–H groups in total. The summed E-state index contributed by atoms with van der Waals surface area (Å²) in [6.45, 7) is 8.57. The maximum absolute atomic E-state index is 12.3. The lowest BCUT2D eigenvalue weighted by Gasteiger charge is -2.24. The minimum Gasteiger partial charge on any atom is -0.480 e. The zero-order valence-corrected chi connectivity index (χ0v) is 20.9. The van der Waals surface area contributed by atoms with E-state index in [0.717, 1.165) is 76.1 Å². The first-order valence-electron chi connectivity index (χ1n) is 12.9. The lowest BCUT2D eigenvalue weighted by atomic mass is 10.0. The van der Waals surface area contributed by atoms with Gasteiger partial charge in [-0.05, 0) is 81.9 Å². The third-order valence-electron chi connectivity index (χ3n) is 6.92. The summed E-state index contributed by atoms with van der Waals surface area (Å²) in [5, 5.41) is 15.8. The summed E-state index contributed by atoms with van der Waals surface area (Å²) in [5.74, 6) is -0.0778. The topological polar surface area (TPSA) is 104 Å². The minimum absolute atomic E-state index is 0.0691. The number of aryl methyl sites for hydroxylation is 2. The second-order valence-electron chi connectivity index (χ2n) is 10.1. The van der Waals surface area contributed by atoms with Gasteiger partial charge >= 0.3 is 5.97 Å². The van der Waals surface area contributed by atoms with E-state index in [9.17, 15) is 14.7 Å². The van der Waals surface area contributed by atoms with Gasteiger partial charge in [0.05, 0.1) is 6.61 Å². The lowest BCUT2D eigenvalue weighted by molar-refractivity contribution is -0.142. The summed E-state index contributed by atoms with van der Waals surface area (Å²) < 4.78 is 5.53. The first kappa shape index (κ1) is 26.4. The van der Waals surface area contributed by atoms with Crippen molar-refractivity contribution in [2.75, 3.05) is 44.7 Å². The van der Waals surface area contributed by atoms with Crippen LogP contribution in [-0.4, -0.2) is 72.3 Å². The van der Waals surface area contributed by atoms with Gasteiger partial charge in [-0.3, -0.25) is 4.79 Å². The smallest absolute Gasteiger partial charge is 0.326 e. The van der Waals surface area contributed by atoms with E-state index in [0.29, 0.717) is 32.6 Å². The number of carbonyl (C=O) groups excluding carboxylic acids is 1. The highest BCUT2D eigenvalue weighted by Crippen LogP contribution is 2.47. The molecule has 3 rings (SSSR count). The molecule has 8 nitrogen and oxygen atoms in total. The molecule has 1 aromatic rings. The molecule has 1 amide bonds. The molecule has 2 heterocycles. The van der Waals surface area contributed by atoms with Gasteiger partial charge < -0.3 is 25.4 Å². The van der Waals surface area contributed by atoms with Crippen molar-refractivity contribution in [2.24, 2.45) is 5.41 Å². The standard InChI is InChI=1S/C26H42N4O4/c1-3-34-18-17-30(16-11-22(25(32)33)29-23(31)19-26(2)12-13-26)15-5-4-8-21-10-9-20-7-6-14-27-24(20)28-21/h9-10,22H,3-8,11-19H2,1-2H3,(H,27,28)(H,29,31)(H,32,33). The van der Waals surface area contributed by atoms with E-state index in [2.05, 4.69) is 34.6 Å². The number of ether oxygens (including phenoxy) is 1. The number of nitrogens with zero attached hydrogens (tertiary/aromatic N) is 2. The zero-order valence-electron chi connectivity index (χ0n) is 20.9. The molecule has 190 valence electrons. The van der Waals surface area contributed by atoms with Crippen LogP contribution in [0.5, 0.6) is 0 Å². The SMILES string of the molecule is CCOCCN(CCCCc1ccc2c(n1)NCCC2)CCC(NC(=O)CC1(C)CC1)C(=O)O. The number of aliphatic carboxylic acids is 1. The average Bonchev–Trinajstić information content (AvgIpc) is 3.54. The molecule has 1 saturated carbocycles. The van der Waals surface area contributed by atoms with E-state index in [4.69, 9.17) is 9.72 Å². The Hall–Kier alpha value is -2.19. The Morgan fingerprint density at radius 3 is 2.82 bits per heavy atom. The number of rotatable bonds is 16. The number of unbranched alkanes of at least 4 members (excludes halogenated alkanes) is 1. The first-order chi connectivity index (χ1) is 16.4. The number of pyridine rings is 1. The Balaban J connectivity index is 1.43. The van der Waals surface area contributed by atoms with Crippen molar-refractivity contribution in [2.45, 2.75) is 77.7 Å². The molecule has 2 aliphatic rings. The maximum atomic E-state index is 12.3. The van der Waals surface area contributed by atoms with Crippen molar-refractivity contribution >= 4 is 17.7 Å². The first-order valence-corrected chi connectivity index (χ1v) is 12.9. The molecule has 0 radical (unpaired) electrons. The molecule has 8 heteroatoms. The third kappa shape index (κ3) is 8.87. The van der Waals surface area contributed by atoms with Crippen LogP contribution < -0.4 is 10.6 Å². The van der Waals surface area contributed by atoms with Crippen molar-refractivity contribution in [3.05, 3.63) is 23.4 Å². The quantitative estimate of drug-likeness (QED) is 0.316. The summed E-state index contributed by atoms with van der Waals surface area (Å²) in [6, 6.07) is 3.49. The monoisotopic (exact) mass is 474 g/mol. The largest absolute Gasteiger partial charge is 0.480 e. The molecular formula is C26H42N4O4. The number of aromatic nitrogens is 1. The Morgan fingerprint density at radius 1 is 1.26 bits per heavy atom. The Labute approximate surface area is 203 Å². The second kappa shape index (κ2) is 13.0. The van der Waals surface area contributed by atoms with Gasteiger partial charge in [0.2, 0.25) is 5.91 Å². The van der Waals surface area contributed by atoms with Crippen LogP contribution in [0.15, 0.2) is 12.1 Å². The molecule has 1 aliphatic carbocycles. The Morgan fingerprint density at radius 2 is 2.09 bits per heavy atom. The molecule has 1 fully saturated rings. The number of hydrogen-bond donors (Lipinski definition) is 3. The summed E-state index contributed by atoms with van der Waals surface area (Å²) in [5.41, 5.74) is 2.50. The number of nitrogens with one attached hydrogen (secondary N) is 2.